The van der Waals surface area contributed by atoms with Crippen molar-refractivity contribution in [3.63, 3.8) is 0 Å². The van der Waals surface area contributed by atoms with Crippen molar-refractivity contribution in [3.05, 3.63) is 61.7 Å². The van der Waals surface area contributed by atoms with Gasteiger partial charge in [0.25, 0.3) is 0 Å². The fourth-order valence-electron chi connectivity index (χ4n) is 4.37. The van der Waals surface area contributed by atoms with Crippen molar-refractivity contribution in [2.45, 2.75) is 31.2 Å². The fourth-order valence-corrected chi connectivity index (χ4v) is 7.01. The van der Waals surface area contributed by atoms with Crippen LogP contribution < -0.4 is 5.32 Å². The van der Waals surface area contributed by atoms with E-state index in [9.17, 15) is 23.1 Å². The normalized spacial score (nSPS) is 23.8. The van der Waals surface area contributed by atoms with E-state index >= 15 is 0 Å². The second kappa shape index (κ2) is 11.1. The van der Waals surface area contributed by atoms with Crippen LogP contribution in [0.5, 0.6) is 0 Å². The molecule has 0 radical (unpaired) electrons. The molecule has 1 fully saturated rings. The highest BCUT2D eigenvalue weighted by Crippen LogP contribution is 2.38. The number of amidine groups is 1. The minimum atomic E-state index is -3.59. The number of rotatable bonds is 7. The number of esters is 1. The highest BCUT2D eigenvalue weighted by atomic mass is 35.5. The van der Waals surface area contributed by atoms with Gasteiger partial charge in [0.2, 0.25) is 0 Å². The Morgan fingerprint density at radius 2 is 2.08 bits per heavy atom. The van der Waals surface area contributed by atoms with Crippen LogP contribution in [0.4, 0.5) is 0 Å². The second-order valence-corrected chi connectivity index (χ2v) is 12.7. The molecule has 0 aliphatic carbocycles. The Balaban J connectivity index is 1.85. The number of aliphatic carboxylic acids is 1. The number of sulfone groups is 1. The third kappa shape index (κ3) is 5.68. The number of aromatic nitrogens is 1. The number of benzene rings is 1. The molecule has 0 spiro atoms. The molecule has 1 aromatic heterocycles. The van der Waals surface area contributed by atoms with Gasteiger partial charge in [-0.3, -0.25) is 14.7 Å². The van der Waals surface area contributed by atoms with Gasteiger partial charge in [0, 0.05) is 46.0 Å². The van der Waals surface area contributed by atoms with Gasteiger partial charge in [-0.2, -0.15) is 0 Å². The molecule has 14 heteroatoms. The number of ether oxygens (including phenoxy) is 1. The van der Waals surface area contributed by atoms with Crippen LogP contribution in [-0.4, -0.2) is 77.9 Å². The van der Waals surface area contributed by atoms with Crippen LogP contribution in [0.1, 0.15) is 30.5 Å². The fraction of sp³-hybridized carbons (Fsp3) is 0.391. The first kappa shape index (κ1) is 27.5. The highest BCUT2D eigenvalue weighted by Gasteiger charge is 2.44. The molecule has 37 heavy (non-hydrogen) atoms. The van der Waals surface area contributed by atoms with E-state index in [0.29, 0.717) is 27.1 Å². The smallest absolute Gasteiger partial charge is 0.338 e. The lowest BCUT2D eigenvalue weighted by atomic mass is 9.95. The standard InChI is InChI=1S/C23H24Cl2N4O6S2/c1-3-35-23(32)17-16(11-29-7-9-37(33,34)12(2)19(29)22(30)31)27-20(21-26-6-8-36-21)28-18(17)14-5-4-13(24)10-15(14)25/h4-6,8,10,12,18-19H,3,7,9,11H2,1-2H3,(H,27,28)(H,30,31). The summed E-state index contributed by atoms with van der Waals surface area (Å²) < 4.78 is 30.3. The van der Waals surface area contributed by atoms with Gasteiger partial charge in [-0.05, 0) is 26.0 Å². The van der Waals surface area contributed by atoms with Crippen molar-refractivity contribution in [1.82, 2.24) is 15.2 Å². The van der Waals surface area contributed by atoms with E-state index in [1.807, 2.05) is 0 Å². The van der Waals surface area contributed by atoms with Crippen LogP contribution in [-0.2, 0) is 24.2 Å². The van der Waals surface area contributed by atoms with Crippen LogP contribution in [0.2, 0.25) is 10.0 Å². The van der Waals surface area contributed by atoms with Gasteiger partial charge in [-0.1, -0.05) is 29.3 Å². The molecule has 2 aromatic rings. The van der Waals surface area contributed by atoms with Crippen molar-refractivity contribution in [3.8, 4) is 0 Å². The van der Waals surface area contributed by atoms with E-state index in [2.05, 4.69) is 10.3 Å². The molecule has 0 saturated carbocycles. The Morgan fingerprint density at radius 3 is 2.70 bits per heavy atom. The summed E-state index contributed by atoms with van der Waals surface area (Å²) in [7, 11) is -3.59. The predicted octanol–water partition coefficient (Wildman–Crippen LogP) is 2.93. The quantitative estimate of drug-likeness (QED) is 0.469. The Labute approximate surface area is 227 Å². The van der Waals surface area contributed by atoms with E-state index in [-0.39, 0.29) is 36.0 Å². The highest BCUT2D eigenvalue weighted by molar-refractivity contribution is 7.92. The van der Waals surface area contributed by atoms with Crippen LogP contribution >= 0.6 is 34.5 Å². The summed E-state index contributed by atoms with van der Waals surface area (Å²) in [6.07, 6.45) is 1.61. The van der Waals surface area contributed by atoms with Gasteiger partial charge >= 0.3 is 11.9 Å². The molecule has 10 nitrogen and oxygen atoms in total. The molecule has 2 aliphatic rings. The molecule has 1 aromatic carbocycles. The van der Waals surface area contributed by atoms with E-state index in [0.717, 1.165) is 0 Å². The average Bonchev–Trinajstić information content (AvgIpc) is 3.36. The molecule has 0 bridgehead atoms. The number of hydrogen-bond acceptors (Lipinski definition) is 10. The van der Waals surface area contributed by atoms with E-state index in [1.54, 1.807) is 36.7 Å². The molecule has 198 valence electrons. The number of halogens is 2. The van der Waals surface area contributed by atoms with Gasteiger partial charge in [0.15, 0.2) is 20.7 Å². The number of aliphatic imine (C=N–C) groups is 1. The van der Waals surface area contributed by atoms with Crippen molar-refractivity contribution in [2.24, 2.45) is 4.99 Å². The third-order valence-corrected chi connectivity index (χ3v) is 9.68. The lowest BCUT2D eigenvalue weighted by Crippen LogP contribution is -2.58. The Bertz CT molecular complexity index is 1380. The number of carbonyl (C=O) groups is 2. The summed E-state index contributed by atoms with van der Waals surface area (Å²) in [4.78, 5) is 36.0. The van der Waals surface area contributed by atoms with Crippen molar-refractivity contribution in [1.29, 1.82) is 0 Å². The van der Waals surface area contributed by atoms with Gasteiger partial charge in [-0.25, -0.2) is 18.2 Å². The summed E-state index contributed by atoms with van der Waals surface area (Å²) in [6.45, 7) is 3.04. The molecule has 1 saturated heterocycles. The molecule has 2 N–H and O–H groups in total. The number of nitrogens with zero attached hydrogens (tertiary/aromatic N) is 3. The Hall–Kier alpha value is -2.51. The Morgan fingerprint density at radius 1 is 1.32 bits per heavy atom. The molecular weight excluding hydrogens is 563 g/mol. The van der Waals surface area contributed by atoms with E-state index in [1.165, 1.54) is 23.2 Å². The second-order valence-electron chi connectivity index (χ2n) is 8.45. The summed E-state index contributed by atoms with van der Waals surface area (Å²) in [5, 5.41) is 14.9. The number of hydrogen-bond donors (Lipinski definition) is 2. The number of carboxylic acid groups (broad SMARTS) is 1. The third-order valence-electron chi connectivity index (χ3n) is 6.20. The molecule has 2 aliphatic heterocycles. The maximum atomic E-state index is 13.3. The maximum Gasteiger partial charge on any atom is 0.338 e. The zero-order valence-corrected chi connectivity index (χ0v) is 23.0. The van der Waals surface area contributed by atoms with Crippen molar-refractivity contribution < 1.29 is 27.9 Å². The SMILES string of the molecule is CCOC(=O)C1=C(CN2CCS(=O)(=O)C(C)C2C(=O)O)NC(c2nccs2)=NC1c1ccc(Cl)cc1Cl. The topological polar surface area (TPSA) is 138 Å². The summed E-state index contributed by atoms with van der Waals surface area (Å²) in [5.74, 6) is -1.78. The minimum absolute atomic E-state index is 0.0268. The first-order valence-electron chi connectivity index (χ1n) is 11.3. The van der Waals surface area contributed by atoms with E-state index < -0.39 is 39.1 Å². The van der Waals surface area contributed by atoms with E-state index in [4.69, 9.17) is 32.9 Å². The zero-order valence-electron chi connectivity index (χ0n) is 19.8. The first-order chi connectivity index (χ1) is 17.5. The molecule has 3 unspecified atom stereocenters. The van der Waals surface area contributed by atoms with Gasteiger partial charge in [0.1, 0.15) is 12.1 Å². The number of carboxylic acids is 1. The Kier molecular flexibility index (Phi) is 8.24. The van der Waals surface area contributed by atoms with Crippen molar-refractivity contribution in [2.75, 3.05) is 25.4 Å². The number of nitrogens with one attached hydrogen (secondary N) is 1. The molecular formula is C23H24Cl2N4O6S2. The van der Waals surface area contributed by atoms with Gasteiger partial charge in [0.05, 0.1) is 23.2 Å². The summed E-state index contributed by atoms with van der Waals surface area (Å²) in [6, 6.07) is 2.61. The van der Waals surface area contributed by atoms with Gasteiger partial charge < -0.3 is 15.2 Å². The average molecular weight is 588 g/mol. The lowest BCUT2D eigenvalue weighted by molar-refractivity contribution is -0.143. The van der Waals surface area contributed by atoms with Crippen LogP contribution in [0, 0.1) is 0 Å². The van der Waals surface area contributed by atoms with Crippen LogP contribution in [0.3, 0.4) is 0 Å². The first-order valence-corrected chi connectivity index (χ1v) is 14.7. The van der Waals surface area contributed by atoms with Crippen LogP contribution in [0.25, 0.3) is 0 Å². The molecule has 3 heterocycles. The monoisotopic (exact) mass is 586 g/mol. The largest absolute Gasteiger partial charge is 0.480 e. The zero-order chi connectivity index (χ0) is 26.9. The minimum Gasteiger partial charge on any atom is -0.480 e. The molecule has 3 atom stereocenters. The molecule has 0 amide bonds. The van der Waals surface area contributed by atoms with Crippen molar-refractivity contribution >= 4 is 62.2 Å². The summed E-state index contributed by atoms with van der Waals surface area (Å²) in [5.41, 5.74) is 0.954. The maximum absolute atomic E-state index is 13.3. The molecule has 4 rings (SSSR count). The summed E-state index contributed by atoms with van der Waals surface area (Å²) >= 11 is 13.9. The number of thiazole rings is 1. The predicted molar refractivity (Wildman–Crippen MR) is 141 cm³/mol. The van der Waals surface area contributed by atoms with Crippen LogP contribution in [0.15, 0.2) is 46.0 Å². The lowest BCUT2D eigenvalue weighted by Gasteiger charge is -2.38. The number of carbonyl (C=O) groups excluding carboxylic acids is 1. The van der Waals surface area contributed by atoms with Gasteiger partial charge in [-0.15, -0.1) is 11.3 Å².